The van der Waals surface area contributed by atoms with Gasteiger partial charge in [0.2, 0.25) is 5.91 Å². The van der Waals surface area contributed by atoms with Crippen molar-refractivity contribution in [2.24, 2.45) is 0 Å². The zero-order valence-corrected chi connectivity index (χ0v) is 11.3. The third kappa shape index (κ3) is 12.5. The second-order valence-electron chi connectivity index (χ2n) is 4.09. The van der Waals surface area contributed by atoms with Crippen molar-refractivity contribution in [3.8, 4) is 0 Å². The van der Waals surface area contributed by atoms with Gasteiger partial charge in [-0.15, -0.1) is 0 Å². The number of hydrogen-bond donors (Lipinski definition) is 4. The van der Waals surface area contributed by atoms with E-state index >= 15 is 0 Å². The van der Waals surface area contributed by atoms with Gasteiger partial charge in [0.15, 0.2) is 0 Å². The molecular formula is C12H23N3O4. The Morgan fingerprint density at radius 3 is 2.21 bits per heavy atom. The minimum Gasteiger partial charge on any atom is -0.481 e. The Balaban J connectivity index is 3.35. The summed E-state index contributed by atoms with van der Waals surface area (Å²) in [5, 5.41) is 16.3. The summed E-state index contributed by atoms with van der Waals surface area (Å²) in [6.07, 6.45) is 2.57. The van der Waals surface area contributed by atoms with E-state index in [4.69, 9.17) is 5.11 Å². The molecule has 0 rings (SSSR count). The first kappa shape index (κ1) is 17.2. The summed E-state index contributed by atoms with van der Waals surface area (Å²) in [4.78, 5) is 32.6. The summed E-state index contributed by atoms with van der Waals surface area (Å²) < 4.78 is 0. The normalized spacial score (nSPS) is 9.74. The third-order valence-corrected chi connectivity index (χ3v) is 2.36. The van der Waals surface area contributed by atoms with Gasteiger partial charge < -0.3 is 21.1 Å². The van der Waals surface area contributed by atoms with Crippen molar-refractivity contribution in [2.45, 2.75) is 39.0 Å². The van der Waals surface area contributed by atoms with Crippen LogP contribution >= 0.6 is 0 Å². The molecule has 0 aliphatic heterocycles. The molecule has 0 radical (unpaired) electrons. The van der Waals surface area contributed by atoms with Crippen LogP contribution in [0.5, 0.6) is 0 Å². The van der Waals surface area contributed by atoms with E-state index in [1.165, 1.54) is 0 Å². The molecule has 0 heterocycles. The molecule has 0 saturated heterocycles. The van der Waals surface area contributed by atoms with Gasteiger partial charge in [-0.2, -0.15) is 0 Å². The van der Waals surface area contributed by atoms with Gasteiger partial charge in [0, 0.05) is 32.5 Å². The zero-order valence-electron chi connectivity index (χ0n) is 11.3. The molecule has 4 N–H and O–H groups in total. The van der Waals surface area contributed by atoms with Crippen molar-refractivity contribution in [2.75, 3.05) is 19.6 Å². The predicted octanol–water partition coefficient (Wildman–Crippen LogP) is 0.457. The lowest BCUT2D eigenvalue weighted by Crippen LogP contribution is -2.38. The Bertz CT molecular complexity index is 295. The van der Waals surface area contributed by atoms with Crippen molar-refractivity contribution in [3.05, 3.63) is 0 Å². The van der Waals surface area contributed by atoms with Gasteiger partial charge in [0.25, 0.3) is 0 Å². The van der Waals surface area contributed by atoms with Crippen LogP contribution < -0.4 is 16.0 Å². The molecule has 0 saturated carbocycles. The number of aliphatic carboxylic acids is 1. The fraction of sp³-hybridized carbons (Fsp3) is 0.750. The number of rotatable bonds is 10. The molecule has 110 valence electrons. The summed E-state index contributed by atoms with van der Waals surface area (Å²) in [5.41, 5.74) is 0. The Kier molecular flexibility index (Phi) is 10.2. The minimum absolute atomic E-state index is 0.0866. The summed E-state index contributed by atoms with van der Waals surface area (Å²) >= 11 is 0. The first-order chi connectivity index (χ1) is 9.06. The van der Waals surface area contributed by atoms with Crippen molar-refractivity contribution in [3.63, 3.8) is 0 Å². The second kappa shape index (κ2) is 11.3. The van der Waals surface area contributed by atoms with Gasteiger partial charge in [-0.3, -0.25) is 9.59 Å². The molecule has 7 heteroatoms. The fourth-order valence-electron chi connectivity index (χ4n) is 1.42. The van der Waals surface area contributed by atoms with E-state index in [9.17, 15) is 14.4 Å². The monoisotopic (exact) mass is 273 g/mol. The molecule has 3 amide bonds. The molecular weight excluding hydrogens is 250 g/mol. The molecule has 0 aromatic rings. The van der Waals surface area contributed by atoms with Gasteiger partial charge in [-0.1, -0.05) is 6.42 Å². The van der Waals surface area contributed by atoms with Crippen molar-refractivity contribution >= 4 is 17.9 Å². The maximum Gasteiger partial charge on any atom is 0.314 e. The van der Waals surface area contributed by atoms with Crippen LogP contribution in [-0.2, 0) is 9.59 Å². The number of carbonyl (C=O) groups is 3. The fourth-order valence-corrected chi connectivity index (χ4v) is 1.42. The molecule has 0 aliphatic carbocycles. The molecule has 0 unspecified atom stereocenters. The van der Waals surface area contributed by atoms with E-state index in [2.05, 4.69) is 16.0 Å². The van der Waals surface area contributed by atoms with Crippen LogP contribution in [0.3, 0.4) is 0 Å². The number of hydrogen-bond acceptors (Lipinski definition) is 3. The van der Waals surface area contributed by atoms with E-state index in [0.717, 1.165) is 12.8 Å². The summed E-state index contributed by atoms with van der Waals surface area (Å²) in [7, 11) is 0. The third-order valence-electron chi connectivity index (χ3n) is 2.36. The first-order valence-electron chi connectivity index (χ1n) is 6.56. The highest BCUT2D eigenvalue weighted by molar-refractivity contribution is 5.78. The van der Waals surface area contributed by atoms with Gasteiger partial charge >= 0.3 is 12.0 Å². The van der Waals surface area contributed by atoms with Crippen molar-refractivity contribution < 1.29 is 19.5 Å². The number of unbranched alkanes of at least 4 members (excludes halogenated alkanes) is 2. The SMILES string of the molecule is CCNC(=O)CCNC(=O)NCCCCCC(=O)O. The average molecular weight is 273 g/mol. The summed E-state index contributed by atoms with van der Waals surface area (Å²) in [5.74, 6) is -0.882. The number of carboxylic acids is 1. The molecule has 0 aliphatic rings. The van der Waals surface area contributed by atoms with E-state index in [0.29, 0.717) is 26.1 Å². The lowest BCUT2D eigenvalue weighted by atomic mass is 10.2. The quantitative estimate of drug-likeness (QED) is 0.434. The summed E-state index contributed by atoms with van der Waals surface area (Å²) in [6.45, 7) is 3.23. The van der Waals surface area contributed by atoms with Gasteiger partial charge in [0.1, 0.15) is 0 Å². The largest absolute Gasteiger partial charge is 0.481 e. The molecule has 0 spiro atoms. The number of urea groups is 1. The highest BCUT2D eigenvalue weighted by Crippen LogP contribution is 1.98. The molecule has 0 aromatic carbocycles. The van der Waals surface area contributed by atoms with Crippen LogP contribution in [0.15, 0.2) is 0 Å². The maximum atomic E-state index is 11.3. The van der Waals surface area contributed by atoms with Crippen LogP contribution in [0.1, 0.15) is 39.0 Å². The summed E-state index contributed by atoms with van der Waals surface area (Å²) in [6, 6.07) is -0.303. The smallest absolute Gasteiger partial charge is 0.314 e. The highest BCUT2D eigenvalue weighted by Gasteiger charge is 2.02. The molecule has 7 nitrogen and oxygen atoms in total. The Labute approximate surface area is 113 Å². The maximum absolute atomic E-state index is 11.3. The van der Waals surface area contributed by atoms with Gasteiger partial charge in [-0.05, 0) is 19.8 Å². The first-order valence-corrected chi connectivity index (χ1v) is 6.56. The Hall–Kier alpha value is -1.79. The van der Waals surface area contributed by atoms with E-state index in [1.807, 2.05) is 6.92 Å². The number of nitrogens with one attached hydrogen (secondary N) is 3. The molecule has 0 fully saturated rings. The van der Waals surface area contributed by atoms with Crippen LogP contribution in [0.2, 0.25) is 0 Å². The predicted molar refractivity (Wildman–Crippen MR) is 70.8 cm³/mol. The molecule has 0 aromatic heterocycles. The molecule has 19 heavy (non-hydrogen) atoms. The Morgan fingerprint density at radius 1 is 0.895 bits per heavy atom. The van der Waals surface area contributed by atoms with Crippen LogP contribution in [-0.4, -0.2) is 42.6 Å². The lowest BCUT2D eigenvalue weighted by Gasteiger charge is -2.07. The van der Waals surface area contributed by atoms with Gasteiger partial charge in [-0.25, -0.2) is 4.79 Å². The van der Waals surface area contributed by atoms with E-state index in [1.54, 1.807) is 0 Å². The number of carbonyl (C=O) groups excluding carboxylic acids is 2. The second-order valence-corrected chi connectivity index (χ2v) is 4.09. The Morgan fingerprint density at radius 2 is 1.58 bits per heavy atom. The molecule has 0 atom stereocenters. The topological polar surface area (TPSA) is 108 Å². The minimum atomic E-state index is -0.795. The standard InChI is InChI=1S/C12H23N3O4/c1-2-13-10(16)7-9-15-12(19)14-8-5-3-4-6-11(17)18/h2-9H2,1H3,(H,13,16)(H,17,18)(H2,14,15,19). The van der Waals surface area contributed by atoms with Crippen LogP contribution in [0.4, 0.5) is 4.79 Å². The van der Waals surface area contributed by atoms with Crippen LogP contribution in [0, 0.1) is 0 Å². The number of carboxylic acid groups (broad SMARTS) is 1. The van der Waals surface area contributed by atoms with Gasteiger partial charge in [0.05, 0.1) is 0 Å². The molecule has 0 bridgehead atoms. The zero-order chi connectivity index (χ0) is 14.5. The van der Waals surface area contributed by atoms with E-state index in [-0.39, 0.29) is 24.8 Å². The van der Waals surface area contributed by atoms with Crippen LogP contribution in [0.25, 0.3) is 0 Å². The number of amides is 3. The lowest BCUT2D eigenvalue weighted by molar-refractivity contribution is -0.137. The van der Waals surface area contributed by atoms with Crippen molar-refractivity contribution in [1.82, 2.24) is 16.0 Å². The van der Waals surface area contributed by atoms with E-state index < -0.39 is 5.97 Å². The van der Waals surface area contributed by atoms with Crippen molar-refractivity contribution in [1.29, 1.82) is 0 Å². The average Bonchev–Trinajstić information content (AvgIpc) is 2.33. The highest BCUT2D eigenvalue weighted by atomic mass is 16.4.